The van der Waals surface area contributed by atoms with Crippen molar-refractivity contribution in [3.63, 3.8) is 0 Å². The van der Waals surface area contributed by atoms with Crippen molar-refractivity contribution in [1.29, 1.82) is 0 Å². The van der Waals surface area contributed by atoms with Crippen LogP contribution >= 0.6 is 0 Å². The van der Waals surface area contributed by atoms with Gasteiger partial charge < -0.3 is 15.4 Å². The lowest BCUT2D eigenvalue weighted by Gasteiger charge is -2.16. The van der Waals surface area contributed by atoms with E-state index in [0.717, 1.165) is 6.42 Å². The fraction of sp³-hybridized carbons (Fsp3) is 0.278. The quantitative estimate of drug-likeness (QED) is 0.788. The van der Waals surface area contributed by atoms with E-state index in [1.807, 2.05) is 0 Å². The zero-order chi connectivity index (χ0) is 16.1. The Hall–Kier alpha value is -2.49. The molecule has 0 heterocycles. The second-order valence-electron chi connectivity index (χ2n) is 5.28. The maximum Gasteiger partial charge on any atom is 0.404 e. The highest BCUT2D eigenvalue weighted by Gasteiger charge is 2.20. The van der Waals surface area contributed by atoms with Gasteiger partial charge >= 0.3 is 6.09 Å². The lowest BCUT2D eigenvalue weighted by molar-refractivity contribution is 0.163. The van der Waals surface area contributed by atoms with Gasteiger partial charge in [-0.1, -0.05) is 36.4 Å². The van der Waals surface area contributed by atoms with Gasteiger partial charge in [0.25, 0.3) is 0 Å². The lowest BCUT2D eigenvalue weighted by atomic mass is 10.0. The average molecular weight is 298 g/mol. The van der Waals surface area contributed by atoms with Crippen molar-refractivity contribution < 1.29 is 9.53 Å². The van der Waals surface area contributed by atoms with Crippen LogP contribution in [0.2, 0.25) is 0 Å². The summed E-state index contributed by atoms with van der Waals surface area (Å²) >= 11 is 0. The summed E-state index contributed by atoms with van der Waals surface area (Å²) in [6.07, 6.45) is 0.359. The number of ether oxygens (including phenoxy) is 1. The van der Waals surface area contributed by atoms with Gasteiger partial charge in [0.2, 0.25) is 0 Å². The molecule has 0 fully saturated rings. The predicted molar refractivity (Wildman–Crippen MR) is 90.2 cm³/mol. The summed E-state index contributed by atoms with van der Waals surface area (Å²) in [6, 6.07) is 15.3. The van der Waals surface area contributed by atoms with Crippen LogP contribution < -0.4 is 10.6 Å². The van der Waals surface area contributed by atoms with Crippen molar-refractivity contribution in [2.24, 2.45) is 5.73 Å². The summed E-state index contributed by atoms with van der Waals surface area (Å²) in [5, 5.41) is 0. The summed E-state index contributed by atoms with van der Waals surface area (Å²) in [5.74, 6) is 0. The van der Waals surface area contributed by atoms with E-state index in [2.05, 4.69) is 71.9 Å². The van der Waals surface area contributed by atoms with Crippen LogP contribution in [0.15, 0.2) is 42.5 Å². The third kappa shape index (κ3) is 3.39. The highest BCUT2D eigenvalue weighted by atomic mass is 16.5. The molecule has 2 N–H and O–H groups in total. The van der Waals surface area contributed by atoms with E-state index in [-0.39, 0.29) is 0 Å². The van der Waals surface area contributed by atoms with Crippen molar-refractivity contribution >= 4 is 11.8 Å². The molecule has 0 saturated heterocycles. The van der Waals surface area contributed by atoms with Crippen molar-refractivity contribution in [3.8, 4) is 11.1 Å². The van der Waals surface area contributed by atoms with Crippen LogP contribution in [-0.4, -0.2) is 26.8 Å². The summed E-state index contributed by atoms with van der Waals surface area (Å²) in [5.41, 5.74) is 11.6. The standard InChI is InChI=1S/C15H15N.C3H7NO2/c1-16(2)15-9-5-8-13-12-7-4-3-6-11(12)10-14(13)15;1-2-6-3(4)5/h3-9H,10H2,1-2H3;2H2,1H3,(H2,4,5). The van der Waals surface area contributed by atoms with Crippen molar-refractivity contribution in [2.75, 3.05) is 25.6 Å². The topological polar surface area (TPSA) is 55.6 Å². The highest BCUT2D eigenvalue weighted by Crippen LogP contribution is 2.40. The van der Waals surface area contributed by atoms with Gasteiger partial charge in [-0.2, -0.15) is 0 Å². The first-order chi connectivity index (χ1) is 10.5. The number of anilines is 1. The zero-order valence-corrected chi connectivity index (χ0v) is 13.3. The first-order valence-corrected chi connectivity index (χ1v) is 7.34. The molecule has 1 aliphatic rings. The van der Waals surface area contributed by atoms with E-state index in [1.165, 1.54) is 27.9 Å². The molecule has 1 amide bonds. The number of benzene rings is 2. The second-order valence-corrected chi connectivity index (χ2v) is 5.28. The fourth-order valence-electron chi connectivity index (χ4n) is 2.70. The number of hydrogen-bond acceptors (Lipinski definition) is 3. The minimum atomic E-state index is -0.711. The SMILES string of the molecule is CCOC(N)=O.CN(C)c1cccc2c1Cc1ccccc1-2. The molecular formula is C18H22N2O2. The molecule has 0 spiro atoms. The van der Waals surface area contributed by atoms with Crippen molar-refractivity contribution in [1.82, 2.24) is 0 Å². The Morgan fingerprint density at radius 2 is 1.82 bits per heavy atom. The molecule has 22 heavy (non-hydrogen) atoms. The Morgan fingerprint density at radius 1 is 1.14 bits per heavy atom. The molecule has 0 aliphatic heterocycles. The third-order valence-electron chi connectivity index (χ3n) is 3.59. The molecule has 0 saturated carbocycles. The first kappa shape index (κ1) is 15.9. The summed E-state index contributed by atoms with van der Waals surface area (Å²) < 4.78 is 4.18. The van der Waals surface area contributed by atoms with Crippen LogP contribution in [0.4, 0.5) is 10.5 Å². The normalized spacial score (nSPS) is 10.9. The van der Waals surface area contributed by atoms with Gasteiger partial charge in [-0.05, 0) is 35.2 Å². The Kier molecular flexibility index (Phi) is 5.04. The number of primary amides is 1. The van der Waals surface area contributed by atoms with Crippen LogP contribution in [0, 0.1) is 0 Å². The van der Waals surface area contributed by atoms with Crippen molar-refractivity contribution in [2.45, 2.75) is 13.3 Å². The molecule has 2 aromatic rings. The number of rotatable bonds is 2. The molecule has 116 valence electrons. The number of carbonyl (C=O) groups excluding carboxylic acids is 1. The van der Waals surface area contributed by atoms with E-state index in [1.54, 1.807) is 6.92 Å². The molecule has 0 unspecified atom stereocenters. The van der Waals surface area contributed by atoms with Gasteiger partial charge in [0.05, 0.1) is 6.61 Å². The highest BCUT2D eigenvalue weighted by molar-refractivity contribution is 5.82. The van der Waals surface area contributed by atoms with E-state index in [0.29, 0.717) is 6.61 Å². The number of carbonyl (C=O) groups is 1. The average Bonchev–Trinajstić information content (AvgIpc) is 2.86. The fourth-order valence-corrected chi connectivity index (χ4v) is 2.70. The number of nitrogens with two attached hydrogens (primary N) is 1. The number of fused-ring (bicyclic) bond motifs is 3. The zero-order valence-electron chi connectivity index (χ0n) is 13.3. The predicted octanol–water partition coefficient (Wildman–Crippen LogP) is 3.43. The number of hydrogen-bond donors (Lipinski definition) is 1. The number of nitrogens with zero attached hydrogens (tertiary/aromatic N) is 1. The third-order valence-corrected chi connectivity index (χ3v) is 3.59. The maximum atomic E-state index is 9.60. The minimum absolute atomic E-state index is 0.356. The lowest BCUT2D eigenvalue weighted by Crippen LogP contribution is -2.11. The van der Waals surface area contributed by atoms with E-state index in [4.69, 9.17) is 0 Å². The van der Waals surface area contributed by atoms with Gasteiger partial charge in [0, 0.05) is 26.2 Å². The molecule has 0 bridgehead atoms. The van der Waals surface area contributed by atoms with Crippen molar-refractivity contribution in [3.05, 3.63) is 53.6 Å². The largest absolute Gasteiger partial charge is 0.450 e. The summed E-state index contributed by atoms with van der Waals surface area (Å²) in [7, 11) is 4.22. The molecular weight excluding hydrogens is 276 g/mol. The number of amides is 1. The smallest absolute Gasteiger partial charge is 0.404 e. The molecule has 4 nitrogen and oxygen atoms in total. The summed E-state index contributed by atoms with van der Waals surface area (Å²) in [4.78, 5) is 11.8. The maximum absolute atomic E-state index is 9.60. The Balaban J connectivity index is 0.000000254. The monoisotopic (exact) mass is 298 g/mol. The van der Waals surface area contributed by atoms with Gasteiger partial charge in [-0.25, -0.2) is 4.79 Å². The minimum Gasteiger partial charge on any atom is -0.450 e. The van der Waals surface area contributed by atoms with Gasteiger partial charge in [-0.3, -0.25) is 0 Å². The van der Waals surface area contributed by atoms with Crippen LogP contribution in [0.25, 0.3) is 11.1 Å². The van der Waals surface area contributed by atoms with Gasteiger partial charge in [-0.15, -0.1) is 0 Å². The molecule has 2 aromatic carbocycles. The first-order valence-electron chi connectivity index (χ1n) is 7.34. The van der Waals surface area contributed by atoms with E-state index >= 15 is 0 Å². The van der Waals surface area contributed by atoms with Crippen LogP contribution in [0.3, 0.4) is 0 Å². The summed E-state index contributed by atoms with van der Waals surface area (Å²) in [6.45, 7) is 2.06. The van der Waals surface area contributed by atoms with Crippen LogP contribution in [-0.2, 0) is 11.2 Å². The van der Waals surface area contributed by atoms with E-state index < -0.39 is 6.09 Å². The molecule has 4 heteroatoms. The molecule has 1 aliphatic carbocycles. The Morgan fingerprint density at radius 3 is 2.41 bits per heavy atom. The van der Waals surface area contributed by atoms with Crippen LogP contribution in [0.5, 0.6) is 0 Å². The van der Waals surface area contributed by atoms with Crippen LogP contribution in [0.1, 0.15) is 18.1 Å². The Labute approximate surface area is 131 Å². The molecule has 0 radical (unpaired) electrons. The second kappa shape index (κ2) is 6.98. The molecule has 0 atom stereocenters. The van der Waals surface area contributed by atoms with Gasteiger partial charge in [0.1, 0.15) is 0 Å². The van der Waals surface area contributed by atoms with Gasteiger partial charge in [0.15, 0.2) is 0 Å². The van der Waals surface area contributed by atoms with E-state index in [9.17, 15) is 4.79 Å². The Bertz CT molecular complexity index is 666. The molecule has 3 rings (SSSR count). The molecule has 0 aromatic heterocycles.